The van der Waals surface area contributed by atoms with E-state index >= 15 is 0 Å². The summed E-state index contributed by atoms with van der Waals surface area (Å²) in [5, 5.41) is 3.14. The molecule has 58 valence electrons. The van der Waals surface area contributed by atoms with Gasteiger partial charge >= 0.3 is 0 Å². The van der Waals surface area contributed by atoms with Crippen molar-refractivity contribution in [3.63, 3.8) is 0 Å². The summed E-state index contributed by atoms with van der Waals surface area (Å²) in [6, 6.07) is 0. The van der Waals surface area contributed by atoms with Gasteiger partial charge in [-0.3, -0.25) is 0 Å². The highest BCUT2D eigenvalue weighted by Crippen LogP contribution is 2.24. The quantitative estimate of drug-likeness (QED) is 0.554. The summed E-state index contributed by atoms with van der Waals surface area (Å²) in [4.78, 5) is 0. The molecule has 1 aliphatic heterocycles. The Kier molecular flexibility index (Phi) is 1.62. The van der Waals surface area contributed by atoms with Crippen LogP contribution in [0.1, 0.15) is 0 Å². The first-order valence-electron chi connectivity index (χ1n) is 3.82. The molecule has 0 amide bonds. The molecule has 2 aliphatic rings. The van der Waals surface area contributed by atoms with Crippen molar-refractivity contribution < 1.29 is 4.39 Å². The molecule has 0 aromatic rings. The minimum absolute atomic E-state index is 0.0648. The average molecular weight is 151 g/mol. The first kappa shape index (κ1) is 6.80. The van der Waals surface area contributed by atoms with Crippen molar-refractivity contribution in [3.05, 3.63) is 35.7 Å². The lowest BCUT2D eigenvalue weighted by Gasteiger charge is -2.02. The summed E-state index contributed by atoms with van der Waals surface area (Å²) >= 11 is 0. The maximum absolute atomic E-state index is 13.1. The lowest BCUT2D eigenvalue weighted by atomic mass is 10.0. The van der Waals surface area contributed by atoms with E-state index in [0.717, 1.165) is 12.1 Å². The van der Waals surface area contributed by atoms with E-state index in [0.29, 0.717) is 6.54 Å². The number of hydrogen-bond donors (Lipinski definition) is 1. The Hall–Kier alpha value is -0.890. The Bertz CT molecular complexity index is 250. The molecule has 0 spiro atoms. The molecule has 0 aromatic heterocycles. The van der Waals surface area contributed by atoms with Gasteiger partial charge in [-0.1, -0.05) is 18.2 Å². The maximum Gasteiger partial charge on any atom is 0.124 e. The van der Waals surface area contributed by atoms with Crippen LogP contribution in [0.4, 0.5) is 4.39 Å². The molecule has 1 atom stereocenters. The maximum atomic E-state index is 13.1. The van der Waals surface area contributed by atoms with E-state index < -0.39 is 0 Å². The molecular weight excluding hydrogens is 141 g/mol. The molecular formula is C9H10FN. The summed E-state index contributed by atoms with van der Waals surface area (Å²) in [7, 11) is 0. The first-order chi connectivity index (χ1) is 5.38. The summed E-state index contributed by atoms with van der Waals surface area (Å²) in [6.45, 7) is 1.58. The molecule has 1 aliphatic carbocycles. The van der Waals surface area contributed by atoms with Crippen LogP contribution in [-0.2, 0) is 0 Å². The summed E-state index contributed by atoms with van der Waals surface area (Å²) in [6.07, 6.45) is 7.22. The lowest BCUT2D eigenvalue weighted by molar-refractivity contribution is 0.641. The van der Waals surface area contributed by atoms with Crippen molar-refractivity contribution in [2.75, 3.05) is 13.1 Å². The molecule has 0 saturated carbocycles. The van der Waals surface area contributed by atoms with Crippen LogP contribution in [0.25, 0.3) is 0 Å². The minimum atomic E-state index is -0.0648. The number of hydrogen-bond acceptors (Lipinski definition) is 1. The van der Waals surface area contributed by atoms with Gasteiger partial charge in [-0.2, -0.15) is 0 Å². The summed E-state index contributed by atoms with van der Waals surface area (Å²) in [5.74, 6) is 0.218. The van der Waals surface area contributed by atoms with Gasteiger partial charge in [0.1, 0.15) is 5.83 Å². The Morgan fingerprint density at radius 1 is 1.45 bits per heavy atom. The number of fused-ring (bicyclic) bond motifs is 1. The number of allylic oxidation sites excluding steroid dienone is 4. The van der Waals surface area contributed by atoms with Crippen LogP contribution < -0.4 is 5.32 Å². The number of halogens is 1. The van der Waals surface area contributed by atoms with Crippen LogP contribution in [0.5, 0.6) is 0 Å². The Balaban J connectivity index is 2.39. The van der Waals surface area contributed by atoms with Gasteiger partial charge in [-0.25, -0.2) is 4.39 Å². The van der Waals surface area contributed by atoms with Gasteiger partial charge in [0.05, 0.1) is 0 Å². The second kappa shape index (κ2) is 2.62. The van der Waals surface area contributed by atoms with Crippen LogP contribution in [-0.4, -0.2) is 13.1 Å². The monoisotopic (exact) mass is 151 g/mol. The number of nitrogens with one attached hydrogen (secondary N) is 1. The van der Waals surface area contributed by atoms with E-state index in [9.17, 15) is 4.39 Å². The van der Waals surface area contributed by atoms with Gasteiger partial charge in [-0.05, 0) is 11.6 Å². The fraction of sp³-hybridized carbons (Fsp3) is 0.333. The van der Waals surface area contributed by atoms with Gasteiger partial charge in [-0.15, -0.1) is 0 Å². The van der Waals surface area contributed by atoms with Crippen molar-refractivity contribution in [2.24, 2.45) is 5.92 Å². The number of rotatable bonds is 0. The molecule has 0 bridgehead atoms. The zero-order chi connectivity index (χ0) is 7.68. The molecule has 1 N–H and O–H groups in total. The molecule has 11 heavy (non-hydrogen) atoms. The van der Waals surface area contributed by atoms with Crippen LogP contribution in [0.15, 0.2) is 35.7 Å². The van der Waals surface area contributed by atoms with E-state index in [-0.39, 0.29) is 11.7 Å². The highest BCUT2D eigenvalue weighted by Gasteiger charge is 2.21. The predicted octanol–water partition coefficient (Wildman–Crippen LogP) is 1.56. The third-order valence-electron chi connectivity index (χ3n) is 2.13. The first-order valence-corrected chi connectivity index (χ1v) is 3.82. The van der Waals surface area contributed by atoms with E-state index in [1.54, 1.807) is 6.08 Å². The van der Waals surface area contributed by atoms with E-state index in [2.05, 4.69) is 5.32 Å². The highest BCUT2D eigenvalue weighted by molar-refractivity contribution is 5.33. The molecule has 1 unspecified atom stereocenters. The molecule has 1 nitrogen and oxygen atoms in total. The second-order valence-corrected chi connectivity index (χ2v) is 2.85. The minimum Gasteiger partial charge on any atom is -0.312 e. The van der Waals surface area contributed by atoms with Gasteiger partial charge in [0.15, 0.2) is 0 Å². The van der Waals surface area contributed by atoms with E-state index in [4.69, 9.17) is 0 Å². The van der Waals surface area contributed by atoms with Crippen LogP contribution in [0.3, 0.4) is 0 Å². The molecule has 1 fully saturated rings. The second-order valence-electron chi connectivity index (χ2n) is 2.85. The topological polar surface area (TPSA) is 12.0 Å². The zero-order valence-corrected chi connectivity index (χ0v) is 6.18. The Labute approximate surface area is 65.3 Å². The Morgan fingerprint density at radius 2 is 2.36 bits per heavy atom. The molecule has 2 rings (SSSR count). The van der Waals surface area contributed by atoms with Crippen molar-refractivity contribution >= 4 is 0 Å². The molecule has 1 saturated heterocycles. The molecule has 1 heterocycles. The van der Waals surface area contributed by atoms with Crippen molar-refractivity contribution in [2.45, 2.75) is 0 Å². The molecule has 0 radical (unpaired) electrons. The van der Waals surface area contributed by atoms with Gasteiger partial charge < -0.3 is 5.32 Å². The summed E-state index contributed by atoms with van der Waals surface area (Å²) in [5.41, 5.74) is 0.898. The normalized spacial score (nSPS) is 29.0. The average Bonchev–Trinajstić information content (AvgIpc) is 2.40. The fourth-order valence-electron chi connectivity index (χ4n) is 1.51. The highest BCUT2D eigenvalue weighted by atomic mass is 19.1. The van der Waals surface area contributed by atoms with Gasteiger partial charge in [0.25, 0.3) is 0 Å². The van der Waals surface area contributed by atoms with Gasteiger partial charge in [0.2, 0.25) is 0 Å². The third kappa shape index (κ3) is 1.14. The SMILES string of the molecule is FC1=C2CNCC2C=CC=C1. The van der Waals surface area contributed by atoms with Crippen LogP contribution >= 0.6 is 0 Å². The smallest absolute Gasteiger partial charge is 0.124 e. The standard InChI is InChI=1S/C9H10FN/c10-9-4-2-1-3-7-5-11-6-8(7)9/h1-4,7,11H,5-6H2. The molecule has 0 aromatic carbocycles. The molecule has 2 heteroatoms. The zero-order valence-electron chi connectivity index (χ0n) is 6.18. The van der Waals surface area contributed by atoms with E-state index in [1.165, 1.54) is 6.08 Å². The lowest BCUT2D eigenvalue weighted by Crippen LogP contribution is -2.07. The fourth-order valence-corrected chi connectivity index (χ4v) is 1.51. The van der Waals surface area contributed by atoms with Gasteiger partial charge in [0, 0.05) is 19.0 Å². The summed E-state index contributed by atoms with van der Waals surface area (Å²) < 4.78 is 13.1. The predicted molar refractivity (Wildman–Crippen MR) is 42.8 cm³/mol. The Morgan fingerprint density at radius 3 is 3.27 bits per heavy atom. The third-order valence-corrected chi connectivity index (χ3v) is 2.13. The van der Waals surface area contributed by atoms with Crippen molar-refractivity contribution in [1.29, 1.82) is 0 Å². The largest absolute Gasteiger partial charge is 0.312 e. The van der Waals surface area contributed by atoms with E-state index in [1.807, 2.05) is 12.2 Å². The van der Waals surface area contributed by atoms with Crippen molar-refractivity contribution in [1.82, 2.24) is 5.32 Å². The van der Waals surface area contributed by atoms with Crippen molar-refractivity contribution in [3.8, 4) is 0 Å². The van der Waals surface area contributed by atoms with Crippen LogP contribution in [0, 0.1) is 5.92 Å². The van der Waals surface area contributed by atoms with Crippen LogP contribution in [0.2, 0.25) is 0 Å².